The SMILES string of the molecule is O=C(O)C=Cc1ccc(COc2cccc(Cl)c2Cl)cc1. The molecule has 108 valence electrons. The van der Waals surface area contributed by atoms with Gasteiger partial charge in [-0.15, -0.1) is 0 Å². The molecule has 2 rings (SSSR count). The number of carboxylic acid groups (broad SMARTS) is 1. The third-order valence-corrected chi connectivity index (χ3v) is 3.51. The van der Waals surface area contributed by atoms with Crippen molar-refractivity contribution in [1.29, 1.82) is 0 Å². The molecule has 0 aliphatic heterocycles. The molecule has 2 aromatic carbocycles. The molecule has 0 unspecified atom stereocenters. The summed E-state index contributed by atoms with van der Waals surface area (Å²) in [5, 5.41) is 9.39. The fourth-order valence-corrected chi connectivity index (χ4v) is 2.00. The van der Waals surface area contributed by atoms with Crippen LogP contribution in [0.5, 0.6) is 5.75 Å². The molecule has 0 spiro atoms. The summed E-state index contributed by atoms with van der Waals surface area (Å²) in [4.78, 5) is 10.4. The number of rotatable bonds is 5. The second-order valence-corrected chi connectivity index (χ2v) is 5.04. The third-order valence-electron chi connectivity index (χ3n) is 2.71. The van der Waals surface area contributed by atoms with Gasteiger partial charge in [0, 0.05) is 6.08 Å². The van der Waals surface area contributed by atoms with Crippen LogP contribution in [0.3, 0.4) is 0 Å². The first-order valence-corrected chi connectivity index (χ1v) is 6.88. The van der Waals surface area contributed by atoms with Crippen LogP contribution in [0.4, 0.5) is 0 Å². The first kappa shape index (κ1) is 15.4. The zero-order chi connectivity index (χ0) is 15.2. The Morgan fingerprint density at radius 2 is 1.86 bits per heavy atom. The van der Waals surface area contributed by atoms with Crippen molar-refractivity contribution in [2.24, 2.45) is 0 Å². The molecule has 5 heteroatoms. The second kappa shape index (κ2) is 7.16. The van der Waals surface area contributed by atoms with Crippen molar-refractivity contribution in [1.82, 2.24) is 0 Å². The van der Waals surface area contributed by atoms with E-state index in [2.05, 4.69) is 0 Å². The van der Waals surface area contributed by atoms with Gasteiger partial charge >= 0.3 is 5.97 Å². The van der Waals surface area contributed by atoms with Crippen LogP contribution >= 0.6 is 23.2 Å². The highest BCUT2D eigenvalue weighted by atomic mass is 35.5. The maximum atomic E-state index is 10.4. The highest BCUT2D eigenvalue weighted by Crippen LogP contribution is 2.31. The molecule has 1 N–H and O–H groups in total. The molecule has 0 aliphatic carbocycles. The summed E-state index contributed by atoms with van der Waals surface area (Å²) in [5.41, 5.74) is 1.75. The summed E-state index contributed by atoms with van der Waals surface area (Å²) >= 11 is 11.9. The average molecular weight is 323 g/mol. The van der Waals surface area contributed by atoms with Gasteiger partial charge in [0.15, 0.2) is 0 Å². The van der Waals surface area contributed by atoms with Crippen LogP contribution in [0.1, 0.15) is 11.1 Å². The average Bonchev–Trinajstić information content (AvgIpc) is 2.48. The summed E-state index contributed by atoms with van der Waals surface area (Å²) < 4.78 is 5.61. The van der Waals surface area contributed by atoms with Crippen LogP contribution in [0.15, 0.2) is 48.5 Å². The number of aliphatic carboxylic acids is 1. The van der Waals surface area contributed by atoms with Crippen molar-refractivity contribution in [3.05, 3.63) is 69.7 Å². The summed E-state index contributed by atoms with van der Waals surface area (Å²) in [5.74, 6) is -0.447. The standard InChI is InChI=1S/C16H12Cl2O3/c17-13-2-1-3-14(16(13)18)21-10-12-6-4-11(5-7-12)8-9-15(19)20/h1-9H,10H2,(H,19,20). The van der Waals surface area contributed by atoms with E-state index in [1.54, 1.807) is 18.2 Å². The summed E-state index contributed by atoms with van der Waals surface area (Å²) in [6.07, 6.45) is 2.62. The topological polar surface area (TPSA) is 46.5 Å². The smallest absolute Gasteiger partial charge is 0.328 e. The fourth-order valence-electron chi connectivity index (χ4n) is 1.65. The summed E-state index contributed by atoms with van der Waals surface area (Å²) in [6, 6.07) is 12.6. The molecule has 0 radical (unpaired) electrons. The number of benzene rings is 2. The molecule has 0 amide bonds. The largest absolute Gasteiger partial charge is 0.487 e. The normalized spacial score (nSPS) is 10.8. The Labute approximate surface area is 132 Å². The van der Waals surface area contributed by atoms with E-state index in [9.17, 15) is 4.79 Å². The van der Waals surface area contributed by atoms with Crippen LogP contribution in [0.2, 0.25) is 10.0 Å². The Kier molecular flexibility index (Phi) is 5.26. The van der Waals surface area contributed by atoms with Gasteiger partial charge in [0.2, 0.25) is 0 Å². The first-order chi connectivity index (χ1) is 10.1. The van der Waals surface area contributed by atoms with Gasteiger partial charge in [-0.25, -0.2) is 4.79 Å². The lowest BCUT2D eigenvalue weighted by atomic mass is 10.1. The number of ether oxygens (including phenoxy) is 1. The van der Waals surface area contributed by atoms with Gasteiger partial charge in [-0.2, -0.15) is 0 Å². The monoisotopic (exact) mass is 322 g/mol. The Balaban J connectivity index is 2.01. The molecule has 0 aliphatic rings. The lowest BCUT2D eigenvalue weighted by molar-refractivity contribution is -0.131. The predicted molar refractivity (Wildman–Crippen MR) is 83.9 cm³/mol. The third kappa shape index (κ3) is 4.52. The maximum absolute atomic E-state index is 10.4. The summed E-state index contributed by atoms with van der Waals surface area (Å²) in [7, 11) is 0. The van der Waals surface area contributed by atoms with Crippen molar-refractivity contribution in [2.45, 2.75) is 6.61 Å². The van der Waals surface area contributed by atoms with Crippen LogP contribution < -0.4 is 4.74 Å². The van der Waals surface area contributed by atoms with Gasteiger partial charge in [0.25, 0.3) is 0 Å². The number of halogens is 2. The van der Waals surface area contributed by atoms with E-state index in [1.165, 1.54) is 6.08 Å². The molecule has 3 nitrogen and oxygen atoms in total. The van der Waals surface area contributed by atoms with E-state index in [-0.39, 0.29) is 0 Å². The van der Waals surface area contributed by atoms with E-state index in [0.717, 1.165) is 17.2 Å². The second-order valence-electron chi connectivity index (χ2n) is 4.25. The van der Waals surface area contributed by atoms with E-state index in [1.807, 2.05) is 24.3 Å². The zero-order valence-corrected chi connectivity index (χ0v) is 12.4. The Morgan fingerprint density at radius 3 is 2.52 bits per heavy atom. The number of carbonyl (C=O) groups is 1. The van der Waals surface area contributed by atoms with Crippen LogP contribution in [0, 0.1) is 0 Å². The van der Waals surface area contributed by atoms with Crippen LogP contribution in [0.25, 0.3) is 6.08 Å². The highest BCUT2D eigenvalue weighted by molar-refractivity contribution is 6.42. The lowest BCUT2D eigenvalue weighted by Crippen LogP contribution is -1.96. The van der Waals surface area contributed by atoms with E-state index in [4.69, 9.17) is 33.0 Å². The molecule has 0 fully saturated rings. The van der Waals surface area contributed by atoms with Crippen molar-refractivity contribution in [3.63, 3.8) is 0 Å². The van der Waals surface area contributed by atoms with Gasteiger partial charge in [-0.3, -0.25) is 0 Å². The minimum atomic E-state index is -0.974. The minimum Gasteiger partial charge on any atom is -0.487 e. The molecule has 0 bridgehead atoms. The Bertz CT molecular complexity index is 664. The Morgan fingerprint density at radius 1 is 1.14 bits per heavy atom. The van der Waals surface area contributed by atoms with Gasteiger partial charge < -0.3 is 9.84 Å². The molecule has 0 saturated heterocycles. The highest BCUT2D eigenvalue weighted by Gasteiger charge is 2.05. The van der Waals surface area contributed by atoms with E-state index >= 15 is 0 Å². The van der Waals surface area contributed by atoms with Crippen molar-refractivity contribution < 1.29 is 14.6 Å². The molecule has 0 aromatic heterocycles. The number of hydrogen-bond acceptors (Lipinski definition) is 2. The molecular weight excluding hydrogens is 311 g/mol. The quantitative estimate of drug-likeness (QED) is 0.813. The van der Waals surface area contributed by atoms with Gasteiger partial charge in [0.1, 0.15) is 17.4 Å². The fraction of sp³-hybridized carbons (Fsp3) is 0.0625. The first-order valence-electron chi connectivity index (χ1n) is 6.13. The maximum Gasteiger partial charge on any atom is 0.328 e. The Hall–Kier alpha value is -1.97. The van der Waals surface area contributed by atoms with E-state index < -0.39 is 5.97 Å². The van der Waals surface area contributed by atoms with E-state index in [0.29, 0.717) is 22.4 Å². The minimum absolute atomic E-state index is 0.350. The molecule has 2 aromatic rings. The zero-order valence-electron chi connectivity index (χ0n) is 10.9. The lowest BCUT2D eigenvalue weighted by Gasteiger charge is -2.09. The van der Waals surface area contributed by atoms with Gasteiger partial charge in [-0.1, -0.05) is 53.5 Å². The molecule has 0 saturated carbocycles. The predicted octanol–water partition coefficient (Wildman–Crippen LogP) is 4.67. The van der Waals surface area contributed by atoms with Crippen molar-refractivity contribution in [2.75, 3.05) is 0 Å². The molecule has 21 heavy (non-hydrogen) atoms. The van der Waals surface area contributed by atoms with Crippen molar-refractivity contribution in [3.8, 4) is 5.75 Å². The number of carboxylic acids is 1. The molecule has 0 atom stereocenters. The van der Waals surface area contributed by atoms with Gasteiger partial charge in [0.05, 0.1) is 5.02 Å². The van der Waals surface area contributed by atoms with Gasteiger partial charge in [-0.05, 0) is 29.3 Å². The number of hydrogen-bond donors (Lipinski definition) is 1. The molecule has 0 heterocycles. The summed E-state index contributed by atoms with van der Waals surface area (Å²) in [6.45, 7) is 0.350. The van der Waals surface area contributed by atoms with Crippen LogP contribution in [-0.4, -0.2) is 11.1 Å². The van der Waals surface area contributed by atoms with Crippen molar-refractivity contribution >= 4 is 35.2 Å². The molecular formula is C16H12Cl2O3. The van der Waals surface area contributed by atoms with Crippen LogP contribution in [-0.2, 0) is 11.4 Å².